The van der Waals surface area contributed by atoms with Gasteiger partial charge in [-0.15, -0.1) is 0 Å². The second kappa shape index (κ2) is 11.0. The summed E-state index contributed by atoms with van der Waals surface area (Å²) in [6.45, 7) is 1.65. The Labute approximate surface area is 224 Å². The Balaban J connectivity index is 1.28. The first-order chi connectivity index (χ1) is 18.3. The first-order valence-electron chi connectivity index (χ1n) is 11.9. The quantitative estimate of drug-likeness (QED) is 0.331. The van der Waals surface area contributed by atoms with Gasteiger partial charge in [0, 0.05) is 30.7 Å². The molecule has 2 aromatic heterocycles. The minimum Gasteiger partial charge on any atom is -0.458 e. The molecular weight excluding hydrogens is 528 g/mol. The number of nitrogens with two attached hydrogens (primary N) is 1. The van der Waals surface area contributed by atoms with Gasteiger partial charge in [0.15, 0.2) is 5.58 Å². The van der Waals surface area contributed by atoms with Crippen LogP contribution in [0.2, 0.25) is 5.02 Å². The van der Waals surface area contributed by atoms with Gasteiger partial charge in [-0.05, 0) is 65.2 Å². The number of hydrogen-bond donors (Lipinski definition) is 2. The van der Waals surface area contributed by atoms with Crippen molar-refractivity contribution in [3.05, 3.63) is 83.2 Å². The minimum atomic E-state index is -3.57. The molecule has 0 saturated carbocycles. The van der Waals surface area contributed by atoms with E-state index in [0.717, 1.165) is 22.1 Å². The number of hydrogen-bond acceptors (Lipinski definition) is 7. The van der Waals surface area contributed by atoms with Crippen molar-refractivity contribution in [3.8, 4) is 11.1 Å². The van der Waals surface area contributed by atoms with Crippen LogP contribution in [0.3, 0.4) is 0 Å². The van der Waals surface area contributed by atoms with Gasteiger partial charge in [0.1, 0.15) is 11.6 Å². The molecule has 1 saturated heterocycles. The molecule has 0 atom stereocenters. The zero-order valence-corrected chi connectivity index (χ0v) is 21.8. The van der Waals surface area contributed by atoms with Crippen LogP contribution in [-0.2, 0) is 26.1 Å². The molecule has 0 bridgehead atoms. The molecular formula is C27H25ClN4O5S. The second-order valence-corrected chi connectivity index (χ2v) is 11.0. The summed E-state index contributed by atoms with van der Waals surface area (Å²) in [5, 5.41) is 3.96. The van der Waals surface area contributed by atoms with Crippen LogP contribution in [-0.4, -0.2) is 49.9 Å². The Morgan fingerprint density at radius 1 is 1.08 bits per heavy atom. The molecule has 1 fully saturated rings. The molecule has 3 heterocycles. The van der Waals surface area contributed by atoms with Crippen LogP contribution in [0.1, 0.15) is 11.3 Å². The van der Waals surface area contributed by atoms with E-state index in [1.165, 1.54) is 10.4 Å². The van der Waals surface area contributed by atoms with Crippen LogP contribution < -0.4 is 11.1 Å². The number of amides is 1. The predicted molar refractivity (Wildman–Crippen MR) is 146 cm³/mol. The van der Waals surface area contributed by atoms with Crippen molar-refractivity contribution in [1.29, 1.82) is 0 Å². The summed E-state index contributed by atoms with van der Waals surface area (Å²) in [4.78, 5) is 16.4. The highest BCUT2D eigenvalue weighted by Gasteiger charge is 2.26. The number of morpholine rings is 1. The number of furan rings is 1. The highest BCUT2D eigenvalue weighted by Crippen LogP contribution is 2.33. The third kappa shape index (κ3) is 5.73. The molecule has 1 aliphatic heterocycles. The number of benzene rings is 2. The lowest BCUT2D eigenvalue weighted by atomic mass is 10.0. The van der Waals surface area contributed by atoms with E-state index in [1.807, 2.05) is 12.1 Å². The number of pyridine rings is 1. The summed E-state index contributed by atoms with van der Waals surface area (Å²) in [5.41, 5.74) is 8.46. The fraction of sp³-hybridized carbons (Fsp3) is 0.185. The van der Waals surface area contributed by atoms with Gasteiger partial charge in [0.25, 0.3) is 0 Å². The number of ether oxygens (including phenoxy) is 1. The molecule has 2 aromatic carbocycles. The standard InChI is InChI=1S/C27H25ClN4O5S/c28-24-15-20(19-3-5-23(6-4-19)38(34,35)32-9-11-36-12-10-32)13-21-14-22(37-27(21)24)17-31-26(33)8-2-18-1-7-25(29)30-16-18/h1-8,13-16H,9-12,17H2,(H2,29,30)(H,31,33). The fourth-order valence-corrected chi connectivity index (χ4v) is 5.77. The average molecular weight is 553 g/mol. The number of carbonyl (C=O) groups excluding carboxylic acids is 1. The molecule has 0 radical (unpaired) electrons. The summed E-state index contributed by atoms with van der Waals surface area (Å²) < 4.78 is 38.3. The lowest BCUT2D eigenvalue weighted by Gasteiger charge is -2.26. The van der Waals surface area contributed by atoms with E-state index in [1.54, 1.807) is 54.7 Å². The maximum Gasteiger partial charge on any atom is 0.244 e. The van der Waals surface area contributed by atoms with Crippen LogP contribution in [0.15, 0.2) is 76.2 Å². The van der Waals surface area contributed by atoms with Crippen molar-refractivity contribution in [1.82, 2.24) is 14.6 Å². The Hall–Kier alpha value is -3.70. The zero-order chi connectivity index (χ0) is 26.7. The molecule has 196 valence electrons. The third-order valence-electron chi connectivity index (χ3n) is 6.09. The zero-order valence-electron chi connectivity index (χ0n) is 20.3. The molecule has 0 unspecified atom stereocenters. The van der Waals surface area contributed by atoms with Crippen molar-refractivity contribution < 1.29 is 22.4 Å². The number of nitrogens with zero attached hydrogens (tertiary/aromatic N) is 2. The van der Waals surface area contributed by atoms with Crippen molar-refractivity contribution in [3.63, 3.8) is 0 Å². The van der Waals surface area contributed by atoms with E-state index in [0.29, 0.717) is 48.5 Å². The topological polar surface area (TPSA) is 128 Å². The van der Waals surface area contributed by atoms with E-state index >= 15 is 0 Å². The molecule has 0 aliphatic carbocycles. The van der Waals surface area contributed by atoms with Crippen molar-refractivity contribution in [2.45, 2.75) is 11.4 Å². The van der Waals surface area contributed by atoms with E-state index in [9.17, 15) is 13.2 Å². The van der Waals surface area contributed by atoms with Crippen LogP contribution in [0, 0.1) is 0 Å². The number of sulfonamides is 1. The Morgan fingerprint density at radius 3 is 2.55 bits per heavy atom. The largest absolute Gasteiger partial charge is 0.458 e. The number of fused-ring (bicyclic) bond motifs is 1. The first-order valence-corrected chi connectivity index (χ1v) is 13.7. The fourth-order valence-electron chi connectivity index (χ4n) is 4.09. The molecule has 11 heteroatoms. The van der Waals surface area contributed by atoms with E-state index < -0.39 is 10.0 Å². The summed E-state index contributed by atoms with van der Waals surface area (Å²) >= 11 is 6.50. The van der Waals surface area contributed by atoms with Crippen LogP contribution >= 0.6 is 11.6 Å². The molecule has 3 N–H and O–H groups in total. The van der Waals surface area contributed by atoms with Gasteiger partial charge in [-0.25, -0.2) is 13.4 Å². The smallest absolute Gasteiger partial charge is 0.244 e. The summed E-state index contributed by atoms with van der Waals surface area (Å²) in [6.07, 6.45) is 4.62. The molecule has 5 rings (SSSR count). The van der Waals surface area contributed by atoms with Gasteiger partial charge in [0.2, 0.25) is 15.9 Å². The van der Waals surface area contributed by atoms with Gasteiger partial charge in [-0.1, -0.05) is 23.7 Å². The number of halogens is 1. The van der Waals surface area contributed by atoms with Crippen molar-refractivity contribution in [2.24, 2.45) is 0 Å². The molecule has 1 aliphatic rings. The normalized spacial score (nSPS) is 14.8. The lowest BCUT2D eigenvalue weighted by Crippen LogP contribution is -2.40. The minimum absolute atomic E-state index is 0.178. The van der Waals surface area contributed by atoms with E-state index in [2.05, 4.69) is 10.3 Å². The highest BCUT2D eigenvalue weighted by molar-refractivity contribution is 7.89. The maximum atomic E-state index is 12.9. The number of nitrogen functional groups attached to an aromatic ring is 1. The van der Waals surface area contributed by atoms with Gasteiger partial charge in [-0.2, -0.15) is 4.31 Å². The van der Waals surface area contributed by atoms with E-state index in [4.69, 9.17) is 26.5 Å². The number of rotatable bonds is 7. The number of aromatic nitrogens is 1. The van der Waals surface area contributed by atoms with Crippen LogP contribution in [0.5, 0.6) is 0 Å². The molecule has 4 aromatic rings. The Kier molecular flexibility index (Phi) is 7.48. The van der Waals surface area contributed by atoms with Gasteiger partial charge in [0.05, 0.1) is 29.7 Å². The van der Waals surface area contributed by atoms with Gasteiger partial charge in [-0.3, -0.25) is 4.79 Å². The highest BCUT2D eigenvalue weighted by atomic mass is 35.5. The average Bonchev–Trinajstić information content (AvgIpc) is 3.36. The molecule has 1 amide bonds. The first kappa shape index (κ1) is 25.9. The Morgan fingerprint density at radius 2 is 1.84 bits per heavy atom. The second-order valence-electron chi connectivity index (χ2n) is 8.70. The van der Waals surface area contributed by atoms with Gasteiger partial charge < -0.3 is 20.2 Å². The monoisotopic (exact) mass is 552 g/mol. The van der Waals surface area contributed by atoms with Crippen LogP contribution in [0.25, 0.3) is 28.2 Å². The summed E-state index contributed by atoms with van der Waals surface area (Å²) in [6, 6.07) is 15.6. The molecule has 0 spiro atoms. The maximum absolute atomic E-state index is 12.9. The van der Waals surface area contributed by atoms with Crippen molar-refractivity contribution in [2.75, 3.05) is 32.0 Å². The number of anilines is 1. The summed E-state index contributed by atoms with van der Waals surface area (Å²) in [7, 11) is -3.57. The molecule has 9 nitrogen and oxygen atoms in total. The third-order valence-corrected chi connectivity index (χ3v) is 8.28. The lowest BCUT2D eigenvalue weighted by molar-refractivity contribution is -0.116. The Bertz CT molecular complexity index is 1590. The van der Waals surface area contributed by atoms with Crippen molar-refractivity contribution >= 4 is 50.4 Å². The van der Waals surface area contributed by atoms with Gasteiger partial charge >= 0.3 is 0 Å². The number of carbonyl (C=O) groups is 1. The molecule has 38 heavy (non-hydrogen) atoms. The predicted octanol–water partition coefficient (Wildman–Crippen LogP) is 4.08. The summed E-state index contributed by atoms with van der Waals surface area (Å²) in [5.74, 6) is 0.662. The van der Waals surface area contributed by atoms with Crippen LogP contribution in [0.4, 0.5) is 5.82 Å². The number of nitrogens with one attached hydrogen (secondary N) is 1. The SMILES string of the molecule is Nc1ccc(C=CC(=O)NCc2cc3cc(-c4ccc(S(=O)(=O)N5CCOCC5)cc4)cc(Cl)c3o2)cn1. The van der Waals surface area contributed by atoms with E-state index in [-0.39, 0.29) is 17.3 Å².